The minimum absolute atomic E-state index is 0.119. The van der Waals surface area contributed by atoms with E-state index in [1.165, 1.54) is 11.8 Å². The van der Waals surface area contributed by atoms with E-state index in [-0.39, 0.29) is 18.2 Å². The average molecular weight is 291 g/mol. The Balaban J connectivity index is 1.81. The molecule has 0 radical (unpaired) electrons. The van der Waals surface area contributed by atoms with E-state index in [9.17, 15) is 14.7 Å². The number of aromatic hydroxyl groups is 1. The molecule has 0 aliphatic rings. The second-order valence-electron chi connectivity index (χ2n) is 3.92. The summed E-state index contributed by atoms with van der Waals surface area (Å²) >= 11 is 1.20. The number of carbonyl (C=O) groups excluding carboxylic acids is 1. The number of H-pyrrole nitrogens is 1. The van der Waals surface area contributed by atoms with Crippen LogP contribution in [0, 0.1) is 0 Å². The summed E-state index contributed by atoms with van der Waals surface area (Å²) in [5.74, 6) is 0.00149. The molecule has 0 saturated heterocycles. The van der Waals surface area contributed by atoms with Crippen molar-refractivity contribution in [3.8, 4) is 5.88 Å². The van der Waals surface area contributed by atoms with E-state index >= 15 is 0 Å². The Labute approximate surface area is 119 Å². The fourth-order valence-electron chi connectivity index (χ4n) is 1.48. The van der Waals surface area contributed by atoms with Crippen molar-refractivity contribution < 1.29 is 9.90 Å². The third kappa shape index (κ3) is 4.43. The summed E-state index contributed by atoms with van der Waals surface area (Å²) in [6, 6.07) is 10.2. The number of thioether (sulfide) groups is 1. The number of carbonyl (C=O) groups is 1. The van der Waals surface area contributed by atoms with Crippen molar-refractivity contribution in [2.24, 2.45) is 0 Å². The Bertz CT molecular complexity index is 643. The predicted molar refractivity (Wildman–Crippen MR) is 76.9 cm³/mol. The maximum Gasteiger partial charge on any atom is 0.255 e. The number of aromatic amines is 1. The third-order valence-corrected chi connectivity index (χ3v) is 3.21. The van der Waals surface area contributed by atoms with Crippen LogP contribution in [0.25, 0.3) is 0 Å². The van der Waals surface area contributed by atoms with E-state index in [1.807, 2.05) is 18.2 Å². The first-order valence-electron chi connectivity index (χ1n) is 5.91. The fourth-order valence-corrected chi connectivity index (χ4v) is 2.29. The van der Waals surface area contributed by atoms with Gasteiger partial charge in [-0.15, -0.1) is 0 Å². The molecule has 2 aromatic rings. The van der Waals surface area contributed by atoms with Gasteiger partial charge in [0.25, 0.3) is 5.56 Å². The number of nitrogens with zero attached hydrogens (tertiary/aromatic N) is 1. The highest BCUT2D eigenvalue weighted by Crippen LogP contribution is 2.15. The van der Waals surface area contributed by atoms with Crippen LogP contribution in [0.2, 0.25) is 0 Å². The summed E-state index contributed by atoms with van der Waals surface area (Å²) in [4.78, 5) is 29.0. The molecule has 7 heteroatoms. The minimum atomic E-state index is -0.422. The van der Waals surface area contributed by atoms with Crippen molar-refractivity contribution in [1.82, 2.24) is 9.97 Å². The number of rotatable bonds is 5. The second-order valence-corrected chi connectivity index (χ2v) is 5.01. The largest absolute Gasteiger partial charge is 0.493 e. The Morgan fingerprint density at radius 2 is 2.10 bits per heavy atom. The zero-order valence-electron chi connectivity index (χ0n) is 10.5. The highest BCUT2D eigenvalue weighted by molar-refractivity contribution is 7.99. The highest BCUT2D eigenvalue weighted by atomic mass is 32.2. The minimum Gasteiger partial charge on any atom is -0.493 e. The summed E-state index contributed by atoms with van der Waals surface area (Å²) in [5, 5.41) is 12.2. The maximum atomic E-state index is 11.7. The molecule has 0 fully saturated rings. The van der Waals surface area contributed by atoms with Gasteiger partial charge in [0.15, 0.2) is 5.16 Å². The molecule has 104 valence electrons. The van der Waals surface area contributed by atoms with Gasteiger partial charge in [-0.2, -0.15) is 4.98 Å². The molecule has 2 rings (SSSR count). The number of aromatic nitrogens is 2. The normalized spacial score (nSPS) is 10.2. The summed E-state index contributed by atoms with van der Waals surface area (Å²) in [6.45, 7) is 0. The number of hydrogen-bond acceptors (Lipinski definition) is 5. The van der Waals surface area contributed by atoms with Crippen molar-refractivity contribution in [2.45, 2.75) is 11.6 Å². The molecule has 1 aromatic heterocycles. The summed E-state index contributed by atoms with van der Waals surface area (Å²) in [6.07, 6.45) is 0.277. The van der Waals surface area contributed by atoms with Crippen molar-refractivity contribution >= 4 is 23.4 Å². The standard InChI is InChI=1S/C13H13N3O3S/c17-10(14-9-4-2-1-3-5-9)6-7-20-13-15-11(18)8-12(19)16-13/h1-5,8H,6-7H2,(H,14,17)(H2,15,16,18,19). The monoisotopic (exact) mass is 291 g/mol. The van der Waals surface area contributed by atoms with Crippen LogP contribution in [-0.2, 0) is 4.79 Å². The predicted octanol–water partition coefficient (Wildman–Crippen LogP) is 1.60. The molecule has 20 heavy (non-hydrogen) atoms. The first-order valence-corrected chi connectivity index (χ1v) is 6.90. The number of para-hydroxylation sites is 1. The van der Waals surface area contributed by atoms with E-state index < -0.39 is 5.56 Å². The molecule has 1 aromatic carbocycles. The van der Waals surface area contributed by atoms with E-state index in [0.29, 0.717) is 10.9 Å². The first kappa shape index (κ1) is 14.1. The van der Waals surface area contributed by atoms with Gasteiger partial charge < -0.3 is 15.4 Å². The number of benzene rings is 1. The zero-order chi connectivity index (χ0) is 14.4. The van der Waals surface area contributed by atoms with Gasteiger partial charge in [-0.25, -0.2) is 0 Å². The van der Waals surface area contributed by atoms with Gasteiger partial charge in [-0.3, -0.25) is 9.59 Å². The van der Waals surface area contributed by atoms with Crippen molar-refractivity contribution in [2.75, 3.05) is 11.1 Å². The molecule has 6 nitrogen and oxygen atoms in total. The lowest BCUT2D eigenvalue weighted by atomic mass is 10.3. The number of anilines is 1. The van der Waals surface area contributed by atoms with Gasteiger partial charge in [-0.05, 0) is 12.1 Å². The molecule has 1 heterocycles. The Morgan fingerprint density at radius 3 is 2.80 bits per heavy atom. The van der Waals surface area contributed by atoms with Crippen LogP contribution >= 0.6 is 11.8 Å². The van der Waals surface area contributed by atoms with Gasteiger partial charge in [0, 0.05) is 17.9 Å². The number of hydrogen-bond donors (Lipinski definition) is 3. The van der Waals surface area contributed by atoms with Crippen LogP contribution in [0.1, 0.15) is 6.42 Å². The highest BCUT2D eigenvalue weighted by Gasteiger charge is 2.05. The van der Waals surface area contributed by atoms with Crippen molar-refractivity contribution in [1.29, 1.82) is 0 Å². The van der Waals surface area contributed by atoms with E-state index in [2.05, 4.69) is 15.3 Å². The molecular formula is C13H13N3O3S. The smallest absolute Gasteiger partial charge is 0.255 e. The SMILES string of the molecule is O=C(CCSc1nc(O)cc(=O)[nH]1)Nc1ccccc1. The van der Waals surface area contributed by atoms with Crippen LogP contribution in [0.4, 0.5) is 5.69 Å². The molecule has 0 aliphatic carbocycles. The molecule has 3 N–H and O–H groups in total. The number of amides is 1. The summed E-state index contributed by atoms with van der Waals surface area (Å²) in [7, 11) is 0. The zero-order valence-corrected chi connectivity index (χ0v) is 11.3. The lowest BCUT2D eigenvalue weighted by Gasteiger charge is -2.04. The Kier molecular flexibility index (Phi) is 4.78. The Hall–Kier alpha value is -2.28. The maximum absolute atomic E-state index is 11.7. The van der Waals surface area contributed by atoms with E-state index in [4.69, 9.17) is 0 Å². The van der Waals surface area contributed by atoms with Crippen LogP contribution < -0.4 is 10.9 Å². The lowest BCUT2D eigenvalue weighted by molar-refractivity contribution is -0.115. The van der Waals surface area contributed by atoms with Crippen LogP contribution in [0.15, 0.2) is 46.3 Å². The average Bonchev–Trinajstić information content (AvgIpc) is 2.38. The number of nitrogens with one attached hydrogen (secondary N) is 2. The quantitative estimate of drug-likeness (QED) is 0.574. The van der Waals surface area contributed by atoms with Gasteiger partial charge in [0.2, 0.25) is 11.8 Å². The van der Waals surface area contributed by atoms with E-state index in [1.54, 1.807) is 12.1 Å². The second kappa shape index (κ2) is 6.76. The van der Waals surface area contributed by atoms with Crippen LogP contribution in [-0.4, -0.2) is 26.7 Å². The first-order chi connectivity index (χ1) is 9.63. The van der Waals surface area contributed by atoms with Crippen LogP contribution in [0.5, 0.6) is 5.88 Å². The summed E-state index contributed by atoms with van der Waals surface area (Å²) in [5.41, 5.74) is 0.320. The molecule has 0 atom stereocenters. The molecule has 0 bridgehead atoms. The molecule has 0 unspecified atom stereocenters. The summed E-state index contributed by atoms with van der Waals surface area (Å²) < 4.78 is 0. The molecular weight excluding hydrogens is 278 g/mol. The molecule has 0 saturated carbocycles. The van der Waals surface area contributed by atoms with Crippen molar-refractivity contribution in [3.63, 3.8) is 0 Å². The van der Waals surface area contributed by atoms with Gasteiger partial charge in [-0.1, -0.05) is 30.0 Å². The lowest BCUT2D eigenvalue weighted by Crippen LogP contribution is -2.12. The Morgan fingerprint density at radius 1 is 1.35 bits per heavy atom. The van der Waals surface area contributed by atoms with Crippen molar-refractivity contribution in [3.05, 3.63) is 46.8 Å². The fraction of sp³-hybridized carbons (Fsp3) is 0.154. The van der Waals surface area contributed by atoms with E-state index in [0.717, 1.165) is 11.8 Å². The van der Waals surface area contributed by atoms with Gasteiger partial charge in [0.05, 0.1) is 6.07 Å². The van der Waals surface area contributed by atoms with Crippen LogP contribution in [0.3, 0.4) is 0 Å². The van der Waals surface area contributed by atoms with Gasteiger partial charge >= 0.3 is 0 Å². The molecule has 1 amide bonds. The third-order valence-electron chi connectivity index (χ3n) is 2.33. The molecule has 0 spiro atoms. The molecule has 0 aliphatic heterocycles. The van der Waals surface area contributed by atoms with Gasteiger partial charge in [0.1, 0.15) is 0 Å². The topological polar surface area (TPSA) is 95.1 Å².